The first kappa shape index (κ1) is 18.5. The molecule has 0 bridgehead atoms. The van der Waals surface area contributed by atoms with Crippen LogP contribution in [0.15, 0.2) is 72.9 Å². The third-order valence-electron chi connectivity index (χ3n) is 4.30. The molecule has 0 fully saturated rings. The zero-order valence-corrected chi connectivity index (χ0v) is 15.6. The summed E-state index contributed by atoms with van der Waals surface area (Å²) in [5, 5.41) is 2.84. The number of pyridine rings is 1. The number of anilines is 2. The molecule has 1 N–H and O–H groups in total. The van der Waals surface area contributed by atoms with Crippen molar-refractivity contribution in [3.8, 4) is 5.75 Å². The fourth-order valence-electron chi connectivity index (χ4n) is 2.83. The number of nitrogens with one attached hydrogen (secondary N) is 1. The summed E-state index contributed by atoms with van der Waals surface area (Å²) in [7, 11) is 1.57. The molecular formula is C22H23N3O2. The number of rotatable bonds is 7. The van der Waals surface area contributed by atoms with Crippen molar-refractivity contribution in [3.05, 3.63) is 84.2 Å². The predicted molar refractivity (Wildman–Crippen MR) is 108 cm³/mol. The van der Waals surface area contributed by atoms with Crippen LogP contribution in [-0.2, 0) is 6.54 Å². The Kier molecular flexibility index (Phi) is 6.05. The summed E-state index contributed by atoms with van der Waals surface area (Å²) >= 11 is 0. The van der Waals surface area contributed by atoms with E-state index < -0.39 is 0 Å². The van der Waals surface area contributed by atoms with Crippen LogP contribution in [-0.4, -0.2) is 24.5 Å². The van der Waals surface area contributed by atoms with Crippen LogP contribution < -0.4 is 15.0 Å². The number of benzene rings is 2. The van der Waals surface area contributed by atoms with Gasteiger partial charge in [0.25, 0.3) is 5.91 Å². The van der Waals surface area contributed by atoms with Crippen molar-refractivity contribution in [1.82, 2.24) is 4.98 Å². The van der Waals surface area contributed by atoms with E-state index in [4.69, 9.17) is 4.74 Å². The molecule has 0 unspecified atom stereocenters. The SMILES string of the molecule is CCN(Cc1ccccc1)c1ccc(C(=O)Nc2ccccc2OC)nc1. The molecule has 0 aliphatic rings. The fraction of sp³-hybridized carbons (Fsp3) is 0.182. The Morgan fingerprint density at radius 1 is 1.04 bits per heavy atom. The highest BCUT2D eigenvalue weighted by atomic mass is 16.5. The van der Waals surface area contributed by atoms with Crippen LogP contribution in [0.2, 0.25) is 0 Å². The number of hydrogen-bond acceptors (Lipinski definition) is 4. The maximum absolute atomic E-state index is 12.5. The molecule has 2 aromatic carbocycles. The van der Waals surface area contributed by atoms with Crippen molar-refractivity contribution < 1.29 is 9.53 Å². The normalized spacial score (nSPS) is 10.3. The van der Waals surface area contributed by atoms with Gasteiger partial charge in [-0.25, -0.2) is 4.98 Å². The molecule has 5 nitrogen and oxygen atoms in total. The number of ether oxygens (including phenoxy) is 1. The Balaban J connectivity index is 1.71. The highest BCUT2D eigenvalue weighted by Gasteiger charge is 2.12. The average molecular weight is 361 g/mol. The van der Waals surface area contributed by atoms with Gasteiger partial charge in [0.05, 0.1) is 24.7 Å². The molecule has 1 aromatic heterocycles. The summed E-state index contributed by atoms with van der Waals surface area (Å²) in [6.07, 6.45) is 1.74. The lowest BCUT2D eigenvalue weighted by molar-refractivity contribution is 0.102. The van der Waals surface area contributed by atoms with E-state index in [1.54, 1.807) is 31.5 Å². The lowest BCUT2D eigenvalue weighted by Gasteiger charge is -2.23. The van der Waals surface area contributed by atoms with Crippen LogP contribution in [0.25, 0.3) is 0 Å². The monoisotopic (exact) mass is 361 g/mol. The molecule has 3 aromatic rings. The number of aromatic nitrogens is 1. The topological polar surface area (TPSA) is 54.5 Å². The van der Waals surface area contributed by atoms with Crippen molar-refractivity contribution in [2.24, 2.45) is 0 Å². The molecule has 0 spiro atoms. The fourth-order valence-corrected chi connectivity index (χ4v) is 2.83. The molecule has 1 heterocycles. The van der Waals surface area contributed by atoms with E-state index >= 15 is 0 Å². The van der Waals surface area contributed by atoms with E-state index in [-0.39, 0.29) is 5.91 Å². The molecule has 1 amide bonds. The van der Waals surface area contributed by atoms with Gasteiger partial charge in [0.1, 0.15) is 11.4 Å². The van der Waals surface area contributed by atoms with Crippen molar-refractivity contribution in [3.63, 3.8) is 0 Å². The predicted octanol–water partition coefficient (Wildman–Crippen LogP) is 4.37. The summed E-state index contributed by atoms with van der Waals surface area (Å²) in [6.45, 7) is 3.75. The molecule has 3 rings (SSSR count). The maximum atomic E-state index is 12.5. The van der Waals surface area contributed by atoms with Gasteiger partial charge in [-0.15, -0.1) is 0 Å². The van der Waals surface area contributed by atoms with Crippen molar-refractivity contribution in [2.45, 2.75) is 13.5 Å². The van der Waals surface area contributed by atoms with E-state index in [9.17, 15) is 4.79 Å². The number of para-hydroxylation sites is 2. The smallest absolute Gasteiger partial charge is 0.274 e. The van der Waals surface area contributed by atoms with Gasteiger partial charge in [0, 0.05) is 13.1 Å². The Labute approximate surface area is 159 Å². The number of amides is 1. The summed E-state index contributed by atoms with van der Waals surface area (Å²) in [6, 6.07) is 21.3. The first-order chi connectivity index (χ1) is 13.2. The van der Waals surface area contributed by atoms with Gasteiger partial charge in [-0.05, 0) is 36.8 Å². The third-order valence-corrected chi connectivity index (χ3v) is 4.30. The van der Waals surface area contributed by atoms with Gasteiger partial charge in [0.15, 0.2) is 0 Å². The number of methoxy groups -OCH3 is 1. The minimum Gasteiger partial charge on any atom is -0.495 e. The largest absolute Gasteiger partial charge is 0.495 e. The molecular weight excluding hydrogens is 338 g/mol. The second kappa shape index (κ2) is 8.85. The van der Waals surface area contributed by atoms with Crippen molar-refractivity contribution >= 4 is 17.3 Å². The molecule has 0 saturated carbocycles. The first-order valence-corrected chi connectivity index (χ1v) is 8.90. The quantitative estimate of drug-likeness (QED) is 0.679. The van der Waals surface area contributed by atoms with Gasteiger partial charge in [-0.1, -0.05) is 42.5 Å². The van der Waals surface area contributed by atoms with Gasteiger partial charge in [-0.2, -0.15) is 0 Å². The summed E-state index contributed by atoms with van der Waals surface area (Å²) in [5.74, 6) is 0.347. The van der Waals surface area contributed by atoms with Crippen molar-refractivity contribution in [1.29, 1.82) is 0 Å². The molecule has 0 aliphatic heterocycles. The zero-order valence-electron chi connectivity index (χ0n) is 15.6. The van der Waals surface area contributed by atoms with E-state index in [0.29, 0.717) is 17.1 Å². The Morgan fingerprint density at radius 2 is 1.78 bits per heavy atom. The van der Waals surface area contributed by atoms with Crippen LogP contribution in [0.5, 0.6) is 5.75 Å². The summed E-state index contributed by atoms with van der Waals surface area (Å²) < 4.78 is 5.26. The van der Waals surface area contributed by atoms with Gasteiger partial charge < -0.3 is 15.0 Å². The molecule has 5 heteroatoms. The van der Waals surface area contributed by atoms with E-state index in [2.05, 4.69) is 34.3 Å². The highest BCUT2D eigenvalue weighted by molar-refractivity contribution is 6.03. The first-order valence-electron chi connectivity index (χ1n) is 8.90. The second-order valence-electron chi connectivity index (χ2n) is 6.06. The lowest BCUT2D eigenvalue weighted by atomic mass is 10.2. The Hall–Kier alpha value is -3.34. The van der Waals surface area contributed by atoms with E-state index in [1.165, 1.54) is 5.56 Å². The Bertz CT molecular complexity index is 880. The van der Waals surface area contributed by atoms with Crippen LogP contribution in [0, 0.1) is 0 Å². The van der Waals surface area contributed by atoms with Crippen LogP contribution in [0.1, 0.15) is 23.0 Å². The molecule has 27 heavy (non-hydrogen) atoms. The maximum Gasteiger partial charge on any atom is 0.274 e. The molecule has 0 radical (unpaired) electrons. The van der Waals surface area contributed by atoms with Gasteiger partial charge >= 0.3 is 0 Å². The number of nitrogens with zero attached hydrogens (tertiary/aromatic N) is 2. The highest BCUT2D eigenvalue weighted by Crippen LogP contribution is 2.24. The van der Waals surface area contributed by atoms with Crippen LogP contribution in [0.4, 0.5) is 11.4 Å². The van der Waals surface area contributed by atoms with Crippen molar-refractivity contribution in [2.75, 3.05) is 23.9 Å². The molecule has 0 aliphatic carbocycles. The minimum atomic E-state index is -0.267. The molecule has 0 atom stereocenters. The van der Waals surface area contributed by atoms with E-state index in [0.717, 1.165) is 18.8 Å². The number of carbonyl (C=O) groups excluding carboxylic acids is 1. The average Bonchev–Trinajstić information content (AvgIpc) is 2.73. The standard InChI is InChI=1S/C22H23N3O2/c1-3-25(16-17-9-5-4-6-10-17)18-13-14-20(23-15-18)22(26)24-19-11-7-8-12-21(19)27-2/h4-15H,3,16H2,1-2H3,(H,24,26). The Morgan fingerprint density at radius 3 is 2.44 bits per heavy atom. The van der Waals surface area contributed by atoms with E-state index in [1.807, 2.05) is 36.4 Å². The second-order valence-corrected chi connectivity index (χ2v) is 6.06. The van der Waals surface area contributed by atoms with Gasteiger partial charge in [0.2, 0.25) is 0 Å². The number of hydrogen-bond donors (Lipinski definition) is 1. The zero-order chi connectivity index (χ0) is 19.1. The number of carbonyl (C=O) groups is 1. The van der Waals surface area contributed by atoms with Crippen LogP contribution in [0.3, 0.4) is 0 Å². The van der Waals surface area contributed by atoms with Crippen LogP contribution >= 0.6 is 0 Å². The lowest BCUT2D eigenvalue weighted by Crippen LogP contribution is -2.22. The summed E-state index contributed by atoms with van der Waals surface area (Å²) in [5.41, 5.74) is 3.20. The summed E-state index contributed by atoms with van der Waals surface area (Å²) in [4.78, 5) is 19.0. The minimum absolute atomic E-state index is 0.267. The molecule has 138 valence electrons. The van der Waals surface area contributed by atoms with Gasteiger partial charge in [-0.3, -0.25) is 4.79 Å². The molecule has 0 saturated heterocycles. The third kappa shape index (κ3) is 4.64.